The molecule has 1 amide bonds. The van der Waals surface area contributed by atoms with Crippen LogP contribution in [0.3, 0.4) is 0 Å². The molecule has 2 heterocycles. The van der Waals surface area contributed by atoms with Crippen molar-refractivity contribution in [1.29, 1.82) is 0 Å². The van der Waals surface area contributed by atoms with Crippen molar-refractivity contribution in [2.75, 3.05) is 39.3 Å². The van der Waals surface area contributed by atoms with Gasteiger partial charge in [-0.1, -0.05) is 0 Å². The minimum absolute atomic E-state index is 0. The van der Waals surface area contributed by atoms with Crippen molar-refractivity contribution in [3.8, 4) is 0 Å². The second-order valence-electron chi connectivity index (χ2n) is 5.60. The van der Waals surface area contributed by atoms with E-state index >= 15 is 0 Å². The summed E-state index contributed by atoms with van der Waals surface area (Å²) >= 11 is 0. The zero-order chi connectivity index (χ0) is 14.8. The number of piperazine rings is 1. The number of likely N-dealkylation sites (tertiary alicyclic amines) is 1. The first-order chi connectivity index (χ1) is 10.1. The third-order valence-electron chi connectivity index (χ3n) is 4.28. The molecule has 0 aromatic heterocycles. The number of rotatable bonds is 2. The van der Waals surface area contributed by atoms with Crippen LogP contribution in [0.15, 0.2) is 18.2 Å². The van der Waals surface area contributed by atoms with E-state index in [2.05, 4.69) is 10.2 Å². The average molecular weight is 332 g/mol. The van der Waals surface area contributed by atoms with E-state index in [0.29, 0.717) is 19.1 Å². The van der Waals surface area contributed by atoms with Gasteiger partial charge in [0.1, 0.15) is 11.6 Å². The highest BCUT2D eigenvalue weighted by Gasteiger charge is 2.32. The van der Waals surface area contributed by atoms with Crippen molar-refractivity contribution in [2.24, 2.45) is 0 Å². The Morgan fingerprint density at radius 1 is 1.18 bits per heavy atom. The fourth-order valence-corrected chi connectivity index (χ4v) is 3.10. The van der Waals surface area contributed by atoms with Crippen molar-refractivity contribution in [1.82, 2.24) is 15.1 Å². The number of halogens is 3. The van der Waals surface area contributed by atoms with Crippen LogP contribution in [0.4, 0.5) is 8.78 Å². The van der Waals surface area contributed by atoms with E-state index < -0.39 is 17.5 Å². The van der Waals surface area contributed by atoms with E-state index in [0.717, 1.165) is 50.8 Å². The van der Waals surface area contributed by atoms with Crippen LogP contribution in [-0.4, -0.2) is 61.0 Å². The molecule has 22 heavy (non-hydrogen) atoms. The molecule has 0 radical (unpaired) electrons. The summed E-state index contributed by atoms with van der Waals surface area (Å²) in [6.07, 6.45) is 0.892. The molecule has 0 spiro atoms. The molecule has 0 aliphatic carbocycles. The molecule has 1 aromatic carbocycles. The highest BCUT2D eigenvalue weighted by molar-refractivity contribution is 5.94. The Morgan fingerprint density at radius 3 is 2.64 bits per heavy atom. The summed E-state index contributed by atoms with van der Waals surface area (Å²) in [5, 5.41) is 3.30. The maximum absolute atomic E-state index is 13.7. The number of nitrogens with one attached hydrogen (secondary N) is 1. The fraction of sp³-hybridized carbons (Fsp3) is 0.533. The Hall–Kier alpha value is -1.24. The Balaban J connectivity index is 0.00000176. The molecule has 7 heteroatoms. The van der Waals surface area contributed by atoms with E-state index in [9.17, 15) is 13.6 Å². The largest absolute Gasteiger partial charge is 0.337 e. The van der Waals surface area contributed by atoms with Crippen LogP contribution in [0.2, 0.25) is 0 Å². The SMILES string of the molecule is Cl.O=C(c1cc(F)ccc1F)N1CCC(N2CCNCC2)C1. The second-order valence-corrected chi connectivity index (χ2v) is 5.60. The van der Waals surface area contributed by atoms with Crippen molar-refractivity contribution >= 4 is 18.3 Å². The molecule has 0 bridgehead atoms. The van der Waals surface area contributed by atoms with E-state index in [1.54, 1.807) is 4.90 Å². The Labute approximate surface area is 134 Å². The molecule has 1 atom stereocenters. The molecule has 1 aromatic rings. The van der Waals surface area contributed by atoms with Crippen molar-refractivity contribution in [3.63, 3.8) is 0 Å². The maximum atomic E-state index is 13.7. The van der Waals surface area contributed by atoms with E-state index in [1.165, 1.54) is 0 Å². The second kappa shape index (κ2) is 7.35. The third-order valence-corrected chi connectivity index (χ3v) is 4.28. The van der Waals surface area contributed by atoms with Crippen LogP contribution in [0.1, 0.15) is 16.8 Å². The monoisotopic (exact) mass is 331 g/mol. The summed E-state index contributed by atoms with van der Waals surface area (Å²) in [5.41, 5.74) is -0.170. The number of hydrogen-bond acceptors (Lipinski definition) is 3. The van der Waals surface area contributed by atoms with Gasteiger partial charge in [0.15, 0.2) is 0 Å². The zero-order valence-corrected chi connectivity index (χ0v) is 13.0. The lowest BCUT2D eigenvalue weighted by Gasteiger charge is -2.32. The van der Waals surface area contributed by atoms with Gasteiger partial charge in [0.25, 0.3) is 5.91 Å². The lowest BCUT2D eigenvalue weighted by molar-refractivity contribution is 0.0768. The minimum Gasteiger partial charge on any atom is -0.337 e. The van der Waals surface area contributed by atoms with Crippen molar-refractivity contribution in [2.45, 2.75) is 12.5 Å². The maximum Gasteiger partial charge on any atom is 0.256 e. The van der Waals surface area contributed by atoms with Crippen LogP contribution >= 0.6 is 12.4 Å². The molecule has 1 N–H and O–H groups in total. The molecule has 1 unspecified atom stereocenters. The summed E-state index contributed by atoms with van der Waals surface area (Å²) in [6.45, 7) is 5.06. The highest BCUT2D eigenvalue weighted by Crippen LogP contribution is 2.20. The van der Waals surface area contributed by atoms with E-state index in [-0.39, 0.29) is 18.0 Å². The molecule has 2 aliphatic heterocycles. The molecule has 2 aliphatic rings. The molecule has 122 valence electrons. The normalized spacial score (nSPS) is 22.5. The first-order valence-electron chi connectivity index (χ1n) is 7.34. The van der Waals surface area contributed by atoms with Crippen LogP contribution < -0.4 is 5.32 Å². The molecule has 2 fully saturated rings. The van der Waals surface area contributed by atoms with Crippen molar-refractivity contribution < 1.29 is 13.6 Å². The quantitative estimate of drug-likeness (QED) is 0.892. The predicted octanol–water partition coefficient (Wildman–Crippen LogP) is 1.51. The van der Waals surface area contributed by atoms with E-state index in [1.807, 2.05) is 0 Å². The first kappa shape index (κ1) is 17.1. The van der Waals surface area contributed by atoms with Gasteiger partial charge in [0.2, 0.25) is 0 Å². The topological polar surface area (TPSA) is 35.6 Å². The number of hydrogen-bond donors (Lipinski definition) is 1. The number of carbonyl (C=O) groups excluding carboxylic acids is 1. The fourth-order valence-electron chi connectivity index (χ4n) is 3.10. The number of carbonyl (C=O) groups is 1. The van der Waals surface area contributed by atoms with Gasteiger partial charge in [-0.25, -0.2) is 8.78 Å². The standard InChI is InChI=1S/C15H19F2N3O.ClH/c16-11-1-2-14(17)13(9-11)15(21)20-6-3-12(10-20)19-7-4-18-5-8-19;/h1-2,9,12,18H,3-8,10H2;1H. The van der Waals surface area contributed by atoms with Crippen LogP contribution in [0, 0.1) is 11.6 Å². The van der Waals surface area contributed by atoms with Gasteiger partial charge in [0, 0.05) is 45.3 Å². The summed E-state index contributed by atoms with van der Waals surface area (Å²) in [7, 11) is 0. The Morgan fingerprint density at radius 2 is 1.91 bits per heavy atom. The summed E-state index contributed by atoms with van der Waals surface area (Å²) in [6, 6.07) is 3.34. The predicted molar refractivity (Wildman–Crippen MR) is 82.4 cm³/mol. The van der Waals surface area contributed by atoms with Gasteiger partial charge in [-0.15, -0.1) is 12.4 Å². The molecule has 0 saturated carbocycles. The first-order valence-corrected chi connectivity index (χ1v) is 7.34. The van der Waals surface area contributed by atoms with Crippen LogP contribution in [-0.2, 0) is 0 Å². The molecular weight excluding hydrogens is 312 g/mol. The summed E-state index contributed by atoms with van der Waals surface area (Å²) < 4.78 is 26.9. The van der Waals surface area contributed by atoms with Crippen LogP contribution in [0.5, 0.6) is 0 Å². The van der Waals surface area contributed by atoms with Gasteiger partial charge < -0.3 is 10.2 Å². The van der Waals surface area contributed by atoms with Gasteiger partial charge in [-0.3, -0.25) is 9.69 Å². The minimum atomic E-state index is -0.660. The smallest absolute Gasteiger partial charge is 0.256 e. The average Bonchev–Trinajstić information content (AvgIpc) is 3.00. The molecule has 3 rings (SSSR count). The van der Waals surface area contributed by atoms with Gasteiger partial charge in [0.05, 0.1) is 5.56 Å². The number of benzene rings is 1. The van der Waals surface area contributed by atoms with Gasteiger partial charge >= 0.3 is 0 Å². The number of amides is 1. The highest BCUT2D eigenvalue weighted by atomic mass is 35.5. The number of nitrogens with zero attached hydrogens (tertiary/aromatic N) is 2. The summed E-state index contributed by atoms with van der Waals surface area (Å²) in [4.78, 5) is 16.3. The molecule has 4 nitrogen and oxygen atoms in total. The Kier molecular flexibility index (Phi) is 5.72. The third kappa shape index (κ3) is 3.56. The Bertz CT molecular complexity index is 538. The molecular formula is C15H20ClF2N3O. The lowest BCUT2D eigenvalue weighted by Crippen LogP contribution is -2.49. The summed E-state index contributed by atoms with van der Waals surface area (Å²) in [5.74, 6) is -1.66. The zero-order valence-electron chi connectivity index (χ0n) is 12.2. The molecule has 2 saturated heterocycles. The van der Waals surface area contributed by atoms with E-state index in [4.69, 9.17) is 0 Å². The van der Waals surface area contributed by atoms with Gasteiger partial charge in [-0.2, -0.15) is 0 Å². The van der Waals surface area contributed by atoms with Crippen LogP contribution in [0.25, 0.3) is 0 Å². The lowest BCUT2D eigenvalue weighted by atomic mass is 10.2. The van der Waals surface area contributed by atoms with Crippen molar-refractivity contribution in [3.05, 3.63) is 35.4 Å². The van der Waals surface area contributed by atoms with Gasteiger partial charge in [-0.05, 0) is 24.6 Å².